The topological polar surface area (TPSA) is 57.7 Å². The van der Waals surface area contributed by atoms with Crippen molar-refractivity contribution in [3.63, 3.8) is 0 Å². The first kappa shape index (κ1) is 16.1. The number of imide groups is 1. The van der Waals surface area contributed by atoms with Crippen LogP contribution in [0.25, 0.3) is 0 Å². The molecule has 5 nitrogen and oxygen atoms in total. The summed E-state index contributed by atoms with van der Waals surface area (Å²) in [5.74, 6) is 0.549. The number of hydrogen-bond donors (Lipinski definition) is 0. The van der Waals surface area contributed by atoms with Crippen molar-refractivity contribution >= 4 is 35.0 Å². The van der Waals surface area contributed by atoms with Crippen LogP contribution in [-0.2, 0) is 14.4 Å². The molecule has 0 aromatic heterocycles. The molecule has 26 heavy (non-hydrogen) atoms. The van der Waals surface area contributed by atoms with Crippen molar-refractivity contribution < 1.29 is 14.4 Å². The lowest BCUT2D eigenvalue weighted by atomic mass is 9.63. The SMILES string of the molecule is CC(=O)N(CN1C(=O)[C@@H]2[C@H]3C=C[C@@H]([C@@H]4C[C@H]34)[C@@H]2C1=O)c1cccc(Cl)c1. The molecule has 134 valence electrons. The summed E-state index contributed by atoms with van der Waals surface area (Å²) in [5.41, 5.74) is 0.587. The summed E-state index contributed by atoms with van der Waals surface area (Å²) < 4.78 is 0. The van der Waals surface area contributed by atoms with Crippen LogP contribution >= 0.6 is 11.6 Å². The fraction of sp³-hybridized carbons (Fsp3) is 0.450. The molecule has 3 amide bonds. The number of rotatable bonds is 3. The second-order valence-electron chi connectivity index (χ2n) is 7.83. The summed E-state index contributed by atoms with van der Waals surface area (Å²) >= 11 is 6.04. The minimum absolute atomic E-state index is 0.0465. The quantitative estimate of drug-likeness (QED) is 0.607. The van der Waals surface area contributed by atoms with Crippen molar-refractivity contribution in [2.75, 3.05) is 11.6 Å². The van der Waals surface area contributed by atoms with E-state index >= 15 is 0 Å². The Morgan fingerprint density at radius 3 is 2.31 bits per heavy atom. The van der Waals surface area contributed by atoms with E-state index in [1.54, 1.807) is 24.3 Å². The maximum Gasteiger partial charge on any atom is 0.235 e. The second kappa shape index (κ2) is 5.43. The maximum absolute atomic E-state index is 13.1. The van der Waals surface area contributed by atoms with Gasteiger partial charge in [-0.15, -0.1) is 0 Å². The van der Waals surface area contributed by atoms with Crippen LogP contribution < -0.4 is 4.90 Å². The first-order valence-electron chi connectivity index (χ1n) is 9.04. The van der Waals surface area contributed by atoms with Gasteiger partial charge in [-0.3, -0.25) is 24.2 Å². The van der Waals surface area contributed by atoms with Crippen LogP contribution in [-0.4, -0.2) is 29.3 Å². The van der Waals surface area contributed by atoms with Gasteiger partial charge in [0.15, 0.2) is 0 Å². The molecule has 1 heterocycles. The van der Waals surface area contributed by atoms with Crippen LogP contribution in [0.2, 0.25) is 5.02 Å². The number of carbonyl (C=O) groups is 3. The molecule has 6 rings (SSSR count). The van der Waals surface area contributed by atoms with Crippen LogP contribution in [0.15, 0.2) is 36.4 Å². The van der Waals surface area contributed by atoms with Crippen LogP contribution in [0.4, 0.5) is 5.69 Å². The normalized spacial score (nSPS) is 36.2. The van der Waals surface area contributed by atoms with Crippen molar-refractivity contribution in [1.29, 1.82) is 0 Å². The zero-order chi connectivity index (χ0) is 18.2. The summed E-state index contributed by atoms with van der Waals surface area (Å²) in [6, 6.07) is 6.89. The Morgan fingerprint density at radius 2 is 1.77 bits per heavy atom. The van der Waals surface area contributed by atoms with Gasteiger partial charge in [0.25, 0.3) is 0 Å². The minimum atomic E-state index is -0.241. The molecule has 0 unspecified atom stereocenters. The van der Waals surface area contributed by atoms with Gasteiger partial charge in [-0.25, -0.2) is 0 Å². The van der Waals surface area contributed by atoms with Crippen LogP contribution in [0.1, 0.15) is 13.3 Å². The van der Waals surface area contributed by atoms with Crippen molar-refractivity contribution in [3.05, 3.63) is 41.4 Å². The van der Waals surface area contributed by atoms with E-state index in [2.05, 4.69) is 12.2 Å². The molecular formula is C20H19ClN2O3. The Kier molecular flexibility index (Phi) is 3.35. The lowest BCUT2D eigenvalue weighted by Gasteiger charge is -2.37. The smallest absolute Gasteiger partial charge is 0.235 e. The second-order valence-corrected chi connectivity index (χ2v) is 8.26. The van der Waals surface area contributed by atoms with Gasteiger partial charge in [0.1, 0.15) is 6.67 Å². The number of nitrogens with zero attached hydrogens (tertiary/aromatic N) is 2. The fourth-order valence-corrected chi connectivity index (χ4v) is 5.49. The number of halogens is 1. The molecule has 3 fully saturated rings. The summed E-state index contributed by atoms with van der Waals surface area (Å²) in [4.78, 5) is 41.1. The van der Waals surface area contributed by atoms with Crippen LogP contribution in [0.3, 0.4) is 0 Å². The number of carbonyl (C=O) groups excluding carboxylic acids is 3. The lowest BCUT2D eigenvalue weighted by Crippen LogP contribution is -2.44. The average Bonchev–Trinajstić information content (AvgIpc) is 3.39. The molecule has 5 aliphatic rings. The number of benzene rings is 1. The first-order valence-corrected chi connectivity index (χ1v) is 9.42. The van der Waals surface area contributed by atoms with Gasteiger partial charge in [0.05, 0.1) is 11.8 Å². The Bertz CT molecular complexity index is 830. The Balaban J connectivity index is 1.45. The molecule has 6 heteroatoms. The minimum Gasteiger partial charge on any atom is -0.294 e. The van der Waals surface area contributed by atoms with Gasteiger partial charge >= 0.3 is 0 Å². The van der Waals surface area contributed by atoms with Crippen molar-refractivity contribution in [3.8, 4) is 0 Å². The number of amides is 3. The van der Waals surface area contributed by atoms with Gasteiger partial charge in [-0.05, 0) is 48.3 Å². The summed E-state index contributed by atoms with van der Waals surface area (Å²) in [7, 11) is 0. The summed E-state index contributed by atoms with van der Waals surface area (Å²) in [5, 5.41) is 0.504. The third-order valence-electron chi connectivity index (χ3n) is 6.54. The van der Waals surface area contributed by atoms with E-state index in [0.29, 0.717) is 22.5 Å². The van der Waals surface area contributed by atoms with E-state index in [-0.39, 0.29) is 48.1 Å². The van der Waals surface area contributed by atoms with Crippen LogP contribution in [0.5, 0.6) is 0 Å². The maximum atomic E-state index is 13.1. The number of anilines is 1. The molecule has 1 aromatic carbocycles. The number of allylic oxidation sites excluding steroid dienone is 2. The fourth-order valence-electron chi connectivity index (χ4n) is 5.31. The molecule has 0 radical (unpaired) electrons. The first-order chi connectivity index (χ1) is 12.5. The predicted molar refractivity (Wildman–Crippen MR) is 96.0 cm³/mol. The predicted octanol–water partition coefficient (Wildman–Crippen LogP) is 2.70. The van der Waals surface area contributed by atoms with E-state index in [1.165, 1.54) is 16.7 Å². The summed E-state index contributed by atoms with van der Waals surface area (Å²) in [6.45, 7) is 1.38. The van der Waals surface area contributed by atoms with E-state index in [0.717, 1.165) is 6.42 Å². The van der Waals surface area contributed by atoms with Crippen molar-refractivity contribution in [1.82, 2.24) is 4.90 Å². The van der Waals surface area contributed by atoms with Gasteiger partial charge < -0.3 is 0 Å². The van der Waals surface area contributed by atoms with Gasteiger partial charge in [0, 0.05) is 17.6 Å². The van der Waals surface area contributed by atoms with Crippen molar-refractivity contribution in [2.45, 2.75) is 13.3 Å². The number of hydrogen-bond acceptors (Lipinski definition) is 3. The van der Waals surface area contributed by atoms with Gasteiger partial charge in [-0.2, -0.15) is 0 Å². The Morgan fingerprint density at radius 1 is 1.15 bits per heavy atom. The monoisotopic (exact) mass is 370 g/mol. The van der Waals surface area contributed by atoms with E-state index in [1.807, 2.05) is 0 Å². The molecule has 0 N–H and O–H groups in total. The highest BCUT2D eigenvalue weighted by Crippen LogP contribution is 2.65. The number of likely N-dealkylation sites (tertiary alicyclic amines) is 1. The highest BCUT2D eigenvalue weighted by molar-refractivity contribution is 6.30. The molecule has 1 saturated heterocycles. The zero-order valence-corrected chi connectivity index (χ0v) is 15.1. The van der Waals surface area contributed by atoms with Gasteiger partial charge in [0.2, 0.25) is 17.7 Å². The largest absolute Gasteiger partial charge is 0.294 e. The third kappa shape index (κ3) is 2.13. The molecule has 2 saturated carbocycles. The Hall–Kier alpha value is -2.14. The van der Waals surface area contributed by atoms with E-state index in [9.17, 15) is 14.4 Å². The lowest BCUT2D eigenvalue weighted by molar-refractivity contribution is -0.140. The van der Waals surface area contributed by atoms with Crippen molar-refractivity contribution in [2.24, 2.45) is 35.5 Å². The standard InChI is InChI=1S/C20H19ClN2O3/c1-10(24)22(12-4-2-3-11(21)7-12)9-23-19(25)17-13-5-6-14(16-8-15(13)16)18(17)20(23)26/h2-7,13-18H,8-9H2,1H3/t13-,14-,15-,16+,17-,18+/m0/s1. The van der Waals surface area contributed by atoms with E-state index in [4.69, 9.17) is 11.6 Å². The highest BCUT2D eigenvalue weighted by atomic mass is 35.5. The molecule has 4 aliphatic carbocycles. The molecule has 1 aromatic rings. The Labute approximate surface area is 156 Å². The third-order valence-corrected chi connectivity index (χ3v) is 6.77. The van der Waals surface area contributed by atoms with E-state index < -0.39 is 0 Å². The zero-order valence-electron chi connectivity index (χ0n) is 14.3. The molecule has 1 aliphatic heterocycles. The molecule has 0 spiro atoms. The molecular weight excluding hydrogens is 352 g/mol. The van der Waals surface area contributed by atoms with Crippen LogP contribution in [0, 0.1) is 35.5 Å². The molecule has 6 atom stereocenters. The van der Waals surface area contributed by atoms with Gasteiger partial charge in [-0.1, -0.05) is 29.8 Å². The highest BCUT2D eigenvalue weighted by Gasteiger charge is 2.67. The summed E-state index contributed by atoms with van der Waals surface area (Å²) in [6.07, 6.45) is 5.43. The average molecular weight is 371 g/mol. The molecule has 2 bridgehead atoms.